The zero-order chi connectivity index (χ0) is 12.4. The normalized spacial score (nSPS) is 10.3. The molecule has 0 aliphatic carbocycles. The number of anilines is 3. The molecule has 0 fully saturated rings. The van der Waals surface area contributed by atoms with Gasteiger partial charge in [-0.05, 0) is 65.4 Å². The first-order chi connectivity index (χ1) is 8.08. The Hall–Kier alpha value is -1.23. The van der Waals surface area contributed by atoms with E-state index in [0.29, 0.717) is 0 Å². The number of rotatable bonds is 2. The topological polar surface area (TPSA) is 29.3 Å². The van der Waals surface area contributed by atoms with Crippen LogP contribution in [0.4, 0.5) is 17.1 Å². The van der Waals surface area contributed by atoms with Gasteiger partial charge in [-0.1, -0.05) is 12.1 Å². The van der Waals surface area contributed by atoms with Gasteiger partial charge < -0.3 is 10.6 Å². The van der Waals surface area contributed by atoms with Crippen LogP contribution in [-0.2, 0) is 0 Å². The number of hydrogen-bond donors (Lipinski definition) is 1. The lowest BCUT2D eigenvalue weighted by molar-refractivity contribution is 1.19. The highest BCUT2D eigenvalue weighted by molar-refractivity contribution is 14.1. The summed E-state index contributed by atoms with van der Waals surface area (Å²) in [6.45, 7) is 2.10. The Balaban J connectivity index is 2.40. The number of aryl methyl sites for hydroxylation is 1. The predicted octanol–water partition coefficient (Wildman–Crippen LogP) is 3.95. The number of nitrogens with zero attached hydrogens (tertiary/aromatic N) is 1. The van der Waals surface area contributed by atoms with Gasteiger partial charge in [-0.2, -0.15) is 0 Å². The molecule has 0 spiro atoms. The molecule has 2 aromatic carbocycles. The predicted molar refractivity (Wildman–Crippen MR) is 82.8 cm³/mol. The molecular formula is C14H15IN2. The molecule has 0 saturated heterocycles. The van der Waals surface area contributed by atoms with E-state index in [1.807, 2.05) is 12.1 Å². The number of nitrogen functional groups attached to an aromatic ring is 1. The number of halogens is 1. The summed E-state index contributed by atoms with van der Waals surface area (Å²) >= 11 is 2.32. The molecule has 17 heavy (non-hydrogen) atoms. The summed E-state index contributed by atoms with van der Waals surface area (Å²) in [5, 5.41) is 0. The van der Waals surface area contributed by atoms with Crippen LogP contribution in [0.25, 0.3) is 0 Å². The molecule has 2 aromatic rings. The van der Waals surface area contributed by atoms with Crippen molar-refractivity contribution in [3.63, 3.8) is 0 Å². The zero-order valence-electron chi connectivity index (χ0n) is 9.94. The van der Waals surface area contributed by atoms with Crippen LogP contribution >= 0.6 is 22.6 Å². The van der Waals surface area contributed by atoms with Gasteiger partial charge in [0.1, 0.15) is 0 Å². The average molecular weight is 338 g/mol. The highest BCUT2D eigenvalue weighted by Crippen LogP contribution is 2.29. The average Bonchev–Trinajstić information content (AvgIpc) is 2.28. The van der Waals surface area contributed by atoms with E-state index in [-0.39, 0.29) is 0 Å². The fourth-order valence-corrected chi connectivity index (χ4v) is 2.67. The van der Waals surface area contributed by atoms with Gasteiger partial charge in [0.25, 0.3) is 0 Å². The molecule has 0 heterocycles. The Labute approximate surface area is 116 Å². The summed E-state index contributed by atoms with van der Waals surface area (Å²) in [6, 6.07) is 14.4. The van der Waals surface area contributed by atoms with Crippen LogP contribution in [0.2, 0.25) is 0 Å². The summed E-state index contributed by atoms with van der Waals surface area (Å²) in [5.74, 6) is 0. The Morgan fingerprint density at radius 1 is 1.12 bits per heavy atom. The zero-order valence-corrected chi connectivity index (χ0v) is 12.1. The van der Waals surface area contributed by atoms with Crippen molar-refractivity contribution in [1.29, 1.82) is 0 Å². The Bertz CT molecular complexity index is 537. The summed E-state index contributed by atoms with van der Waals surface area (Å²) < 4.78 is 1.16. The SMILES string of the molecule is Cc1cccc(N(C)c2ccc(N)cc2I)c1. The van der Waals surface area contributed by atoms with Crippen molar-refractivity contribution in [2.75, 3.05) is 17.7 Å². The quantitative estimate of drug-likeness (QED) is 0.664. The van der Waals surface area contributed by atoms with Crippen molar-refractivity contribution in [3.05, 3.63) is 51.6 Å². The Morgan fingerprint density at radius 2 is 1.88 bits per heavy atom. The molecular weight excluding hydrogens is 323 g/mol. The first-order valence-electron chi connectivity index (χ1n) is 5.43. The van der Waals surface area contributed by atoms with Crippen LogP contribution in [0.15, 0.2) is 42.5 Å². The summed E-state index contributed by atoms with van der Waals surface area (Å²) in [4.78, 5) is 2.17. The minimum Gasteiger partial charge on any atom is -0.399 e. The van der Waals surface area contributed by atoms with Crippen molar-refractivity contribution < 1.29 is 0 Å². The monoisotopic (exact) mass is 338 g/mol. The van der Waals surface area contributed by atoms with Crippen LogP contribution in [-0.4, -0.2) is 7.05 Å². The van der Waals surface area contributed by atoms with Gasteiger partial charge in [0.05, 0.1) is 5.69 Å². The number of benzene rings is 2. The fraction of sp³-hybridized carbons (Fsp3) is 0.143. The molecule has 0 radical (unpaired) electrons. The minimum atomic E-state index is 0.802. The maximum atomic E-state index is 5.77. The van der Waals surface area contributed by atoms with E-state index in [4.69, 9.17) is 5.73 Å². The van der Waals surface area contributed by atoms with Gasteiger partial charge in [-0.15, -0.1) is 0 Å². The largest absolute Gasteiger partial charge is 0.399 e. The lowest BCUT2D eigenvalue weighted by Gasteiger charge is -2.21. The van der Waals surface area contributed by atoms with Crippen LogP contribution in [0.1, 0.15) is 5.56 Å². The second-order valence-corrected chi connectivity index (χ2v) is 5.27. The molecule has 2 rings (SSSR count). The molecule has 3 heteroatoms. The van der Waals surface area contributed by atoms with E-state index < -0.39 is 0 Å². The van der Waals surface area contributed by atoms with Gasteiger partial charge >= 0.3 is 0 Å². The fourth-order valence-electron chi connectivity index (χ4n) is 1.77. The minimum absolute atomic E-state index is 0.802. The second kappa shape index (κ2) is 4.96. The Morgan fingerprint density at radius 3 is 2.53 bits per heavy atom. The number of hydrogen-bond acceptors (Lipinski definition) is 2. The van der Waals surface area contributed by atoms with Crippen molar-refractivity contribution in [2.45, 2.75) is 6.92 Å². The Kier molecular flexibility index (Phi) is 3.57. The first kappa shape index (κ1) is 12.2. The van der Waals surface area contributed by atoms with E-state index >= 15 is 0 Å². The van der Waals surface area contributed by atoms with E-state index in [2.05, 4.69) is 71.8 Å². The first-order valence-corrected chi connectivity index (χ1v) is 6.51. The maximum absolute atomic E-state index is 5.77. The standard InChI is InChI=1S/C14H15IN2/c1-10-4-3-5-12(8-10)17(2)14-7-6-11(16)9-13(14)15/h3-9H,16H2,1-2H3. The van der Waals surface area contributed by atoms with Crippen LogP contribution in [0.3, 0.4) is 0 Å². The molecule has 0 aliphatic rings. The van der Waals surface area contributed by atoms with Gasteiger partial charge in [0.15, 0.2) is 0 Å². The van der Waals surface area contributed by atoms with Crippen LogP contribution in [0, 0.1) is 10.5 Å². The molecule has 2 N–H and O–H groups in total. The van der Waals surface area contributed by atoms with E-state index in [1.54, 1.807) is 0 Å². The molecule has 2 nitrogen and oxygen atoms in total. The van der Waals surface area contributed by atoms with Crippen LogP contribution < -0.4 is 10.6 Å². The highest BCUT2D eigenvalue weighted by atomic mass is 127. The second-order valence-electron chi connectivity index (χ2n) is 4.11. The smallest absolute Gasteiger partial charge is 0.0545 e. The van der Waals surface area contributed by atoms with Crippen molar-refractivity contribution in [3.8, 4) is 0 Å². The van der Waals surface area contributed by atoms with Gasteiger partial charge in [-0.25, -0.2) is 0 Å². The summed E-state index contributed by atoms with van der Waals surface area (Å²) in [6.07, 6.45) is 0. The molecule has 0 saturated carbocycles. The summed E-state index contributed by atoms with van der Waals surface area (Å²) in [7, 11) is 2.07. The number of nitrogens with two attached hydrogens (primary N) is 1. The lowest BCUT2D eigenvalue weighted by atomic mass is 10.2. The lowest BCUT2D eigenvalue weighted by Crippen LogP contribution is -2.11. The molecule has 0 aromatic heterocycles. The highest BCUT2D eigenvalue weighted by Gasteiger charge is 2.07. The van der Waals surface area contributed by atoms with Gasteiger partial charge in [-0.3, -0.25) is 0 Å². The molecule has 0 amide bonds. The van der Waals surface area contributed by atoms with Crippen molar-refractivity contribution in [1.82, 2.24) is 0 Å². The van der Waals surface area contributed by atoms with Crippen molar-refractivity contribution in [2.24, 2.45) is 0 Å². The summed E-state index contributed by atoms with van der Waals surface area (Å²) in [5.41, 5.74) is 10.2. The van der Waals surface area contributed by atoms with E-state index in [0.717, 1.165) is 9.26 Å². The van der Waals surface area contributed by atoms with E-state index in [1.165, 1.54) is 16.9 Å². The third-order valence-electron chi connectivity index (χ3n) is 2.72. The van der Waals surface area contributed by atoms with Gasteiger partial charge in [0, 0.05) is 22.0 Å². The maximum Gasteiger partial charge on any atom is 0.0545 e. The third-order valence-corrected chi connectivity index (χ3v) is 3.59. The van der Waals surface area contributed by atoms with Crippen LogP contribution in [0.5, 0.6) is 0 Å². The van der Waals surface area contributed by atoms with Crippen molar-refractivity contribution >= 4 is 39.7 Å². The molecule has 0 bridgehead atoms. The molecule has 0 atom stereocenters. The molecule has 88 valence electrons. The molecule has 0 aliphatic heterocycles. The molecule has 0 unspecified atom stereocenters. The van der Waals surface area contributed by atoms with Gasteiger partial charge in [0.2, 0.25) is 0 Å². The third kappa shape index (κ3) is 2.72. The van der Waals surface area contributed by atoms with E-state index in [9.17, 15) is 0 Å².